The van der Waals surface area contributed by atoms with Crippen LogP contribution in [-0.4, -0.2) is 25.3 Å². The molecule has 0 saturated heterocycles. The zero-order chi connectivity index (χ0) is 11.4. The van der Waals surface area contributed by atoms with Crippen LogP contribution in [0.25, 0.3) is 0 Å². The van der Waals surface area contributed by atoms with Gasteiger partial charge in [0.25, 0.3) is 0 Å². The van der Waals surface area contributed by atoms with E-state index in [9.17, 15) is 0 Å². The van der Waals surface area contributed by atoms with E-state index in [1.165, 1.54) is 18.4 Å². The van der Waals surface area contributed by atoms with Crippen molar-refractivity contribution in [1.82, 2.24) is 9.88 Å². The molecule has 1 heterocycles. The van der Waals surface area contributed by atoms with E-state index in [1.54, 1.807) is 7.11 Å². The fourth-order valence-electron chi connectivity index (χ4n) is 2.28. The number of nitrogens with one attached hydrogen (secondary N) is 1. The SMILES string of the molecule is CNC(c1ccn(CCCOC)c1)C1CC1. The highest BCUT2D eigenvalue weighted by molar-refractivity contribution is 5.18. The number of aryl methyl sites for hydroxylation is 1. The Morgan fingerprint density at radius 3 is 3.00 bits per heavy atom. The zero-order valence-electron chi connectivity index (χ0n) is 10.3. The maximum atomic E-state index is 5.06. The molecule has 1 aromatic rings. The van der Waals surface area contributed by atoms with Gasteiger partial charge in [0.1, 0.15) is 0 Å². The normalized spacial score (nSPS) is 17.6. The van der Waals surface area contributed by atoms with E-state index < -0.39 is 0 Å². The molecule has 0 aromatic carbocycles. The van der Waals surface area contributed by atoms with Gasteiger partial charge in [-0.2, -0.15) is 0 Å². The van der Waals surface area contributed by atoms with Crippen LogP contribution in [0.2, 0.25) is 0 Å². The molecule has 0 aliphatic heterocycles. The number of nitrogens with zero attached hydrogens (tertiary/aromatic N) is 1. The highest BCUT2D eigenvalue weighted by Crippen LogP contribution is 2.40. The molecule has 0 radical (unpaired) electrons. The zero-order valence-corrected chi connectivity index (χ0v) is 10.3. The molecule has 0 spiro atoms. The summed E-state index contributed by atoms with van der Waals surface area (Å²) in [6, 6.07) is 2.80. The van der Waals surface area contributed by atoms with Crippen molar-refractivity contribution in [3.05, 3.63) is 24.0 Å². The van der Waals surface area contributed by atoms with Gasteiger partial charge < -0.3 is 14.6 Å². The molecule has 3 nitrogen and oxygen atoms in total. The molecule has 1 aromatic heterocycles. The quantitative estimate of drug-likeness (QED) is 0.716. The van der Waals surface area contributed by atoms with E-state index in [1.807, 2.05) is 0 Å². The number of methoxy groups -OCH3 is 1. The molecule has 1 saturated carbocycles. The van der Waals surface area contributed by atoms with E-state index in [0.717, 1.165) is 25.5 Å². The van der Waals surface area contributed by atoms with Crippen LogP contribution >= 0.6 is 0 Å². The van der Waals surface area contributed by atoms with Crippen molar-refractivity contribution in [3.63, 3.8) is 0 Å². The number of hydrogen-bond acceptors (Lipinski definition) is 2. The van der Waals surface area contributed by atoms with Crippen LogP contribution < -0.4 is 5.32 Å². The molecule has 16 heavy (non-hydrogen) atoms. The van der Waals surface area contributed by atoms with E-state index in [4.69, 9.17) is 4.74 Å². The summed E-state index contributed by atoms with van der Waals surface area (Å²) in [6.45, 7) is 1.89. The molecular weight excluding hydrogens is 200 g/mol. The van der Waals surface area contributed by atoms with Crippen molar-refractivity contribution in [2.45, 2.75) is 31.8 Å². The third-order valence-electron chi connectivity index (χ3n) is 3.30. The second-order valence-corrected chi connectivity index (χ2v) is 4.63. The molecule has 1 N–H and O–H groups in total. The molecule has 3 heteroatoms. The average Bonchev–Trinajstić information content (AvgIpc) is 3.01. The lowest BCUT2D eigenvalue weighted by Crippen LogP contribution is -2.17. The summed E-state index contributed by atoms with van der Waals surface area (Å²) < 4.78 is 7.33. The fraction of sp³-hybridized carbons (Fsp3) is 0.692. The number of ether oxygens (including phenoxy) is 1. The Bertz CT molecular complexity index is 317. The summed E-state index contributed by atoms with van der Waals surface area (Å²) in [4.78, 5) is 0. The Balaban J connectivity index is 1.90. The first-order chi connectivity index (χ1) is 7.85. The third-order valence-corrected chi connectivity index (χ3v) is 3.30. The molecule has 0 amide bonds. The molecule has 1 atom stereocenters. The van der Waals surface area contributed by atoms with Crippen molar-refractivity contribution in [2.24, 2.45) is 5.92 Å². The van der Waals surface area contributed by atoms with Crippen LogP contribution in [0.1, 0.15) is 30.9 Å². The van der Waals surface area contributed by atoms with Gasteiger partial charge in [-0.1, -0.05) is 0 Å². The topological polar surface area (TPSA) is 26.2 Å². The van der Waals surface area contributed by atoms with E-state index in [-0.39, 0.29) is 0 Å². The molecular formula is C13H22N2O. The lowest BCUT2D eigenvalue weighted by Gasteiger charge is -2.13. The van der Waals surface area contributed by atoms with Crippen molar-refractivity contribution in [2.75, 3.05) is 20.8 Å². The van der Waals surface area contributed by atoms with Gasteiger partial charge in [0.05, 0.1) is 0 Å². The van der Waals surface area contributed by atoms with Crippen molar-refractivity contribution in [1.29, 1.82) is 0 Å². The average molecular weight is 222 g/mol. The lowest BCUT2D eigenvalue weighted by molar-refractivity contribution is 0.190. The highest BCUT2D eigenvalue weighted by atomic mass is 16.5. The van der Waals surface area contributed by atoms with Gasteiger partial charge in [-0.15, -0.1) is 0 Å². The molecule has 1 aliphatic rings. The Kier molecular flexibility index (Phi) is 4.02. The number of aromatic nitrogens is 1. The first-order valence-corrected chi connectivity index (χ1v) is 6.17. The first kappa shape index (κ1) is 11.7. The van der Waals surface area contributed by atoms with Crippen LogP contribution in [-0.2, 0) is 11.3 Å². The third kappa shape index (κ3) is 2.86. The maximum Gasteiger partial charge on any atom is 0.0479 e. The highest BCUT2D eigenvalue weighted by Gasteiger charge is 2.31. The summed E-state index contributed by atoms with van der Waals surface area (Å²) in [5, 5.41) is 3.42. The van der Waals surface area contributed by atoms with Gasteiger partial charge in [-0.05, 0) is 43.9 Å². The minimum Gasteiger partial charge on any atom is -0.385 e. The standard InChI is InChI=1S/C13H22N2O/c1-14-13(11-4-5-11)12-6-8-15(10-12)7-3-9-16-2/h6,8,10-11,13-14H,3-5,7,9H2,1-2H3. The molecule has 1 fully saturated rings. The minimum absolute atomic E-state index is 0.559. The molecule has 2 rings (SSSR count). The fourth-order valence-corrected chi connectivity index (χ4v) is 2.28. The summed E-state index contributed by atoms with van der Waals surface area (Å²) in [5.74, 6) is 0.861. The number of rotatable bonds is 7. The molecule has 1 aliphatic carbocycles. The Morgan fingerprint density at radius 1 is 1.56 bits per heavy atom. The molecule has 1 unspecified atom stereocenters. The van der Waals surface area contributed by atoms with E-state index >= 15 is 0 Å². The minimum atomic E-state index is 0.559. The van der Waals surface area contributed by atoms with Gasteiger partial charge >= 0.3 is 0 Å². The molecule has 0 bridgehead atoms. The summed E-state index contributed by atoms with van der Waals surface area (Å²) in [6.07, 6.45) is 8.28. The van der Waals surface area contributed by atoms with Gasteiger partial charge in [0, 0.05) is 38.7 Å². The van der Waals surface area contributed by atoms with Gasteiger partial charge in [0.15, 0.2) is 0 Å². The Hall–Kier alpha value is -0.800. The largest absolute Gasteiger partial charge is 0.385 e. The van der Waals surface area contributed by atoms with Gasteiger partial charge in [0.2, 0.25) is 0 Å². The van der Waals surface area contributed by atoms with Crippen LogP contribution in [0.4, 0.5) is 0 Å². The summed E-state index contributed by atoms with van der Waals surface area (Å²) in [7, 11) is 3.82. The van der Waals surface area contributed by atoms with Gasteiger partial charge in [-0.3, -0.25) is 0 Å². The van der Waals surface area contributed by atoms with Crippen molar-refractivity contribution < 1.29 is 4.74 Å². The van der Waals surface area contributed by atoms with Crippen LogP contribution in [0.5, 0.6) is 0 Å². The van der Waals surface area contributed by atoms with Crippen LogP contribution in [0, 0.1) is 5.92 Å². The summed E-state index contributed by atoms with van der Waals surface area (Å²) in [5.41, 5.74) is 1.43. The second kappa shape index (κ2) is 5.51. The Labute approximate surface area is 97.8 Å². The lowest BCUT2D eigenvalue weighted by atomic mass is 10.1. The maximum absolute atomic E-state index is 5.06. The van der Waals surface area contributed by atoms with E-state index in [0.29, 0.717) is 6.04 Å². The molecule has 90 valence electrons. The van der Waals surface area contributed by atoms with Gasteiger partial charge in [-0.25, -0.2) is 0 Å². The van der Waals surface area contributed by atoms with Crippen molar-refractivity contribution in [3.8, 4) is 0 Å². The first-order valence-electron chi connectivity index (χ1n) is 6.17. The second-order valence-electron chi connectivity index (χ2n) is 4.63. The van der Waals surface area contributed by atoms with E-state index in [2.05, 4.69) is 35.4 Å². The van der Waals surface area contributed by atoms with Crippen molar-refractivity contribution >= 4 is 0 Å². The Morgan fingerprint density at radius 2 is 2.38 bits per heavy atom. The monoisotopic (exact) mass is 222 g/mol. The smallest absolute Gasteiger partial charge is 0.0479 e. The number of hydrogen-bond donors (Lipinski definition) is 1. The predicted molar refractivity (Wildman–Crippen MR) is 65.4 cm³/mol. The van der Waals surface area contributed by atoms with Crippen LogP contribution in [0.3, 0.4) is 0 Å². The predicted octanol–water partition coefficient (Wildman–Crippen LogP) is 2.20. The summed E-state index contributed by atoms with van der Waals surface area (Å²) >= 11 is 0. The van der Waals surface area contributed by atoms with Crippen LogP contribution in [0.15, 0.2) is 18.5 Å².